The highest BCUT2D eigenvalue weighted by molar-refractivity contribution is 5.89. The highest BCUT2D eigenvalue weighted by Gasteiger charge is 2.34. The second-order valence-electron chi connectivity index (χ2n) is 4.99. The molecule has 0 amide bonds. The van der Waals surface area contributed by atoms with Crippen LogP contribution in [0.25, 0.3) is 0 Å². The SMILES string of the molecule is C=C(C)C(=O)OC(C)C(=O)OC1(C)COCCCCO1. The Hall–Kier alpha value is -1.40. The summed E-state index contributed by atoms with van der Waals surface area (Å²) in [6.45, 7) is 9.28. The van der Waals surface area contributed by atoms with E-state index in [2.05, 4.69) is 6.58 Å². The molecular formula is C14H22O6. The number of hydrogen-bond donors (Lipinski definition) is 0. The summed E-state index contributed by atoms with van der Waals surface area (Å²) in [6, 6.07) is 0. The predicted octanol–water partition coefficient (Wildman–Crippen LogP) is 1.58. The third kappa shape index (κ3) is 5.30. The van der Waals surface area contributed by atoms with E-state index in [0.717, 1.165) is 12.8 Å². The highest BCUT2D eigenvalue weighted by Crippen LogP contribution is 2.18. The zero-order valence-electron chi connectivity index (χ0n) is 12.3. The third-order valence-corrected chi connectivity index (χ3v) is 2.74. The van der Waals surface area contributed by atoms with Crippen molar-refractivity contribution in [2.45, 2.75) is 45.5 Å². The van der Waals surface area contributed by atoms with Gasteiger partial charge in [0.1, 0.15) is 6.61 Å². The van der Waals surface area contributed by atoms with Crippen molar-refractivity contribution >= 4 is 11.9 Å². The fourth-order valence-corrected chi connectivity index (χ4v) is 1.56. The van der Waals surface area contributed by atoms with Gasteiger partial charge in [-0.15, -0.1) is 0 Å². The number of carbonyl (C=O) groups is 2. The van der Waals surface area contributed by atoms with Gasteiger partial charge in [-0.1, -0.05) is 6.58 Å². The van der Waals surface area contributed by atoms with Gasteiger partial charge < -0.3 is 18.9 Å². The smallest absolute Gasteiger partial charge is 0.349 e. The van der Waals surface area contributed by atoms with Crippen molar-refractivity contribution in [1.29, 1.82) is 0 Å². The normalized spacial score (nSPS) is 24.9. The lowest BCUT2D eigenvalue weighted by atomic mass is 10.2. The molecule has 1 saturated heterocycles. The molecule has 1 aliphatic heterocycles. The molecule has 0 aromatic carbocycles. The standard InChI is InChI=1S/C14H22O6/c1-10(2)12(15)19-11(3)13(16)20-14(4)9-17-7-5-6-8-18-14/h11H,1,5-9H2,2-4H3. The molecule has 0 aromatic rings. The van der Waals surface area contributed by atoms with Crippen molar-refractivity contribution in [2.24, 2.45) is 0 Å². The summed E-state index contributed by atoms with van der Waals surface area (Å²) in [5.41, 5.74) is 0.224. The summed E-state index contributed by atoms with van der Waals surface area (Å²) in [7, 11) is 0. The zero-order chi connectivity index (χ0) is 15.2. The van der Waals surface area contributed by atoms with Gasteiger partial charge in [-0.05, 0) is 26.7 Å². The molecule has 1 aliphatic rings. The topological polar surface area (TPSA) is 71.1 Å². The van der Waals surface area contributed by atoms with Crippen LogP contribution in [-0.4, -0.2) is 43.7 Å². The number of rotatable bonds is 4. The number of esters is 2. The summed E-state index contributed by atoms with van der Waals surface area (Å²) in [6.07, 6.45) is 0.731. The average molecular weight is 286 g/mol. The second-order valence-corrected chi connectivity index (χ2v) is 4.99. The molecule has 0 saturated carbocycles. The van der Waals surface area contributed by atoms with Gasteiger partial charge >= 0.3 is 11.9 Å². The molecular weight excluding hydrogens is 264 g/mol. The Morgan fingerprint density at radius 2 is 1.95 bits per heavy atom. The Morgan fingerprint density at radius 3 is 2.60 bits per heavy atom. The lowest BCUT2D eigenvalue weighted by Gasteiger charge is -2.31. The van der Waals surface area contributed by atoms with Crippen molar-refractivity contribution in [2.75, 3.05) is 19.8 Å². The second kappa shape index (κ2) is 7.40. The van der Waals surface area contributed by atoms with E-state index in [1.54, 1.807) is 6.92 Å². The first-order valence-corrected chi connectivity index (χ1v) is 6.65. The van der Waals surface area contributed by atoms with E-state index in [0.29, 0.717) is 13.2 Å². The Labute approximate surface area is 119 Å². The molecule has 2 unspecified atom stereocenters. The number of hydrogen-bond acceptors (Lipinski definition) is 6. The van der Waals surface area contributed by atoms with E-state index >= 15 is 0 Å². The molecule has 0 aromatic heterocycles. The Balaban J connectivity index is 2.53. The van der Waals surface area contributed by atoms with E-state index in [1.807, 2.05) is 0 Å². The average Bonchev–Trinajstić information content (AvgIpc) is 2.34. The minimum Gasteiger partial charge on any atom is -0.447 e. The molecule has 20 heavy (non-hydrogen) atoms. The first-order valence-electron chi connectivity index (χ1n) is 6.65. The Bertz CT molecular complexity index is 368. The minimum atomic E-state index is -1.15. The Kier molecular flexibility index (Phi) is 6.16. The fraction of sp³-hybridized carbons (Fsp3) is 0.714. The van der Waals surface area contributed by atoms with Gasteiger partial charge in [0, 0.05) is 19.1 Å². The maximum atomic E-state index is 11.9. The molecule has 1 fully saturated rings. The maximum absolute atomic E-state index is 11.9. The molecule has 0 bridgehead atoms. The van der Waals surface area contributed by atoms with Crippen LogP contribution in [0.4, 0.5) is 0 Å². The highest BCUT2D eigenvalue weighted by atomic mass is 16.7. The first-order chi connectivity index (χ1) is 9.34. The molecule has 1 heterocycles. The van der Waals surface area contributed by atoms with Gasteiger partial charge in [-0.25, -0.2) is 9.59 Å². The lowest BCUT2D eigenvalue weighted by Crippen LogP contribution is -2.44. The molecule has 6 nitrogen and oxygen atoms in total. The monoisotopic (exact) mass is 286 g/mol. The largest absolute Gasteiger partial charge is 0.447 e. The maximum Gasteiger partial charge on any atom is 0.349 e. The molecule has 6 heteroatoms. The van der Waals surface area contributed by atoms with Crippen LogP contribution in [0, 0.1) is 0 Å². The molecule has 0 N–H and O–H groups in total. The van der Waals surface area contributed by atoms with Crippen LogP contribution in [0.1, 0.15) is 33.6 Å². The summed E-state index contributed by atoms with van der Waals surface area (Å²) in [4.78, 5) is 23.3. The van der Waals surface area contributed by atoms with Gasteiger partial charge in [0.2, 0.25) is 5.79 Å². The minimum absolute atomic E-state index is 0.153. The molecule has 0 radical (unpaired) electrons. The molecule has 1 rings (SSSR count). The van der Waals surface area contributed by atoms with Crippen molar-refractivity contribution in [1.82, 2.24) is 0 Å². The van der Waals surface area contributed by atoms with Gasteiger partial charge in [0.05, 0.1) is 6.61 Å². The van der Waals surface area contributed by atoms with Crippen molar-refractivity contribution in [3.8, 4) is 0 Å². The predicted molar refractivity (Wildman–Crippen MR) is 70.9 cm³/mol. The van der Waals surface area contributed by atoms with Crippen molar-refractivity contribution < 1.29 is 28.5 Å². The number of carbonyl (C=O) groups excluding carboxylic acids is 2. The van der Waals surface area contributed by atoms with E-state index in [9.17, 15) is 9.59 Å². The molecule has 2 atom stereocenters. The van der Waals surface area contributed by atoms with Gasteiger partial charge in [0.25, 0.3) is 0 Å². The van der Waals surface area contributed by atoms with Crippen LogP contribution < -0.4 is 0 Å². The van der Waals surface area contributed by atoms with Crippen molar-refractivity contribution in [3.05, 3.63) is 12.2 Å². The van der Waals surface area contributed by atoms with E-state index in [1.165, 1.54) is 13.8 Å². The van der Waals surface area contributed by atoms with Crippen molar-refractivity contribution in [3.63, 3.8) is 0 Å². The van der Waals surface area contributed by atoms with E-state index in [4.69, 9.17) is 18.9 Å². The summed E-state index contributed by atoms with van der Waals surface area (Å²) in [5.74, 6) is -2.46. The first kappa shape index (κ1) is 16.7. The Morgan fingerprint density at radius 1 is 1.30 bits per heavy atom. The van der Waals surface area contributed by atoms with Crippen LogP contribution in [0.2, 0.25) is 0 Å². The third-order valence-electron chi connectivity index (χ3n) is 2.74. The van der Waals surface area contributed by atoms with E-state index < -0.39 is 23.8 Å². The van der Waals surface area contributed by atoms with Gasteiger partial charge in [0.15, 0.2) is 6.10 Å². The molecule has 0 spiro atoms. The van der Waals surface area contributed by atoms with Gasteiger partial charge in [-0.3, -0.25) is 0 Å². The van der Waals surface area contributed by atoms with Gasteiger partial charge in [-0.2, -0.15) is 0 Å². The summed E-state index contributed by atoms with van der Waals surface area (Å²) in [5, 5.41) is 0. The lowest BCUT2D eigenvalue weighted by molar-refractivity contribution is -0.253. The van der Waals surface area contributed by atoms with Crippen LogP contribution in [0.5, 0.6) is 0 Å². The summed E-state index contributed by atoms with van der Waals surface area (Å²) < 4.78 is 21.1. The van der Waals surface area contributed by atoms with Crippen LogP contribution in [0.3, 0.4) is 0 Å². The molecule has 114 valence electrons. The quantitative estimate of drug-likeness (QED) is 0.577. The molecule has 0 aliphatic carbocycles. The van der Waals surface area contributed by atoms with E-state index in [-0.39, 0.29) is 12.2 Å². The zero-order valence-corrected chi connectivity index (χ0v) is 12.3. The van der Waals surface area contributed by atoms with Crippen LogP contribution in [-0.2, 0) is 28.5 Å². The fourth-order valence-electron chi connectivity index (χ4n) is 1.56. The number of ether oxygens (including phenoxy) is 4. The summed E-state index contributed by atoms with van der Waals surface area (Å²) >= 11 is 0. The van der Waals surface area contributed by atoms with Crippen LogP contribution >= 0.6 is 0 Å². The van der Waals surface area contributed by atoms with Crippen LogP contribution in [0.15, 0.2) is 12.2 Å².